The molecule has 0 aromatic heterocycles. The van der Waals surface area contributed by atoms with Crippen LogP contribution in [0.25, 0.3) is 0 Å². The van der Waals surface area contributed by atoms with Crippen LogP contribution in [-0.4, -0.2) is 18.2 Å². The molecule has 1 aromatic carbocycles. The fourth-order valence-corrected chi connectivity index (χ4v) is 3.26. The maximum Gasteiger partial charge on any atom is 0.251 e. The van der Waals surface area contributed by atoms with E-state index in [4.69, 9.17) is 0 Å². The topological polar surface area (TPSA) is 29.1 Å². The first-order valence-electron chi connectivity index (χ1n) is 7.09. The highest BCUT2D eigenvalue weighted by Gasteiger charge is 2.23. The molecule has 1 N–H and O–H groups in total. The second-order valence-electron chi connectivity index (χ2n) is 5.48. The van der Waals surface area contributed by atoms with Crippen LogP contribution >= 0.6 is 11.8 Å². The lowest BCUT2D eigenvalue weighted by Gasteiger charge is -2.29. The van der Waals surface area contributed by atoms with Crippen LogP contribution < -0.4 is 5.32 Å². The van der Waals surface area contributed by atoms with Gasteiger partial charge in [-0.2, -0.15) is 11.8 Å². The number of thioether (sulfide) groups is 1. The van der Waals surface area contributed by atoms with Crippen LogP contribution in [0.2, 0.25) is 0 Å². The van der Waals surface area contributed by atoms with Crippen LogP contribution in [0.3, 0.4) is 0 Å². The summed E-state index contributed by atoms with van der Waals surface area (Å²) in [6.07, 6.45) is 6.98. The Balaban J connectivity index is 2.00. The second kappa shape index (κ2) is 6.99. The van der Waals surface area contributed by atoms with Gasteiger partial charge in [0.05, 0.1) is 0 Å². The average Bonchev–Trinajstić information content (AvgIpc) is 2.42. The van der Waals surface area contributed by atoms with Crippen molar-refractivity contribution in [3.05, 3.63) is 35.4 Å². The summed E-state index contributed by atoms with van der Waals surface area (Å²) in [6.45, 7) is 2.24. The van der Waals surface area contributed by atoms with E-state index in [1.807, 2.05) is 18.2 Å². The Kier molecular flexibility index (Phi) is 5.32. The maximum absolute atomic E-state index is 12.3. The SMILES string of the molecule is CSCc1cccc(C(=O)N[C@H]2CCCC[C@@H]2C)c1. The van der Waals surface area contributed by atoms with E-state index in [9.17, 15) is 4.79 Å². The van der Waals surface area contributed by atoms with Gasteiger partial charge in [-0.15, -0.1) is 0 Å². The van der Waals surface area contributed by atoms with Crippen LogP contribution in [0, 0.1) is 5.92 Å². The van der Waals surface area contributed by atoms with Crippen molar-refractivity contribution in [2.24, 2.45) is 5.92 Å². The van der Waals surface area contributed by atoms with Crippen molar-refractivity contribution < 1.29 is 4.79 Å². The molecule has 1 aliphatic rings. The summed E-state index contributed by atoms with van der Waals surface area (Å²) >= 11 is 1.78. The van der Waals surface area contributed by atoms with Crippen molar-refractivity contribution in [3.8, 4) is 0 Å². The Labute approximate surface area is 120 Å². The molecule has 1 aromatic rings. The molecule has 3 heteroatoms. The molecule has 0 unspecified atom stereocenters. The number of carbonyl (C=O) groups is 1. The molecule has 0 heterocycles. The molecule has 2 nitrogen and oxygen atoms in total. The van der Waals surface area contributed by atoms with Gasteiger partial charge in [0.15, 0.2) is 0 Å². The Morgan fingerprint density at radius 1 is 1.37 bits per heavy atom. The van der Waals surface area contributed by atoms with Gasteiger partial charge in [0.2, 0.25) is 0 Å². The Morgan fingerprint density at radius 2 is 2.16 bits per heavy atom. The first kappa shape index (κ1) is 14.4. The summed E-state index contributed by atoms with van der Waals surface area (Å²) in [5.74, 6) is 1.65. The zero-order chi connectivity index (χ0) is 13.7. The second-order valence-corrected chi connectivity index (χ2v) is 6.34. The lowest BCUT2D eigenvalue weighted by atomic mass is 9.86. The number of hydrogen-bond donors (Lipinski definition) is 1. The van der Waals surface area contributed by atoms with E-state index in [2.05, 4.69) is 24.6 Å². The van der Waals surface area contributed by atoms with Crippen molar-refractivity contribution in [1.82, 2.24) is 5.32 Å². The minimum Gasteiger partial charge on any atom is -0.349 e. The number of rotatable bonds is 4. The monoisotopic (exact) mass is 277 g/mol. The highest BCUT2D eigenvalue weighted by atomic mass is 32.2. The van der Waals surface area contributed by atoms with Crippen molar-refractivity contribution >= 4 is 17.7 Å². The standard InChI is InChI=1S/C16H23NOS/c1-12-6-3-4-9-15(12)17-16(18)14-8-5-7-13(10-14)11-19-2/h5,7-8,10,12,15H,3-4,6,9,11H2,1-2H3,(H,17,18)/t12-,15-/m0/s1. The van der Waals surface area contributed by atoms with Crippen LogP contribution in [0.4, 0.5) is 0 Å². The van der Waals surface area contributed by atoms with Crippen molar-refractivity contribution in [3.63, 3.8) is 0 Å². The van der Waals surface area contributed by atoms with Crippen LogP contribution in [0.15, 0.2) is 24.3 Å². The summed E-state index contributed by atoms with van der Waals surface area (Å²) < 4.78 is 0. The third-order valence-electron chi connectivity index (χ3n) is 3.93. The van der Waals surface area contributed by atoms with Crippen molar-refractivity contribution in [2.45, 2.75) is 44.4 Å². The van der Waals surface area contributed by atoms with Crippen LogP contribution in [0.5, 0.6) is 0 Å². The van der Waals surface area contributed by atoms with Crippen molar-refractivity contribution in [2.75, 3.05) is 6.26 Å². The molecule has 0 radical (unpaired) electrons. The summed E-state index contributed by atoms with van der Waals surface area (Å²) in [7, 11) is 0. The Morgan fingerprint density at radius 3 is 2.89 bits per heavy atom. The molecule has 0 bridgehead atoms. The quantitative estimate of drug-likeness (QED) is 0.905. The predicted molar refractivity (Wildman–Crippen MR) is 82.5 cm³/mol. The van der Waals surface area contributed by atoms with Gasteiger partial charge >= 0.3 is 0 Å². The van der Waals surface area contributed by atoms with Gasteiger partial charge in [-0.25, -0.2) is 0 Å². The molecule has 2 rings (SSSR count). The van der Waals surface area contributed by atoms with E-state index in [-0.39, 0.29) is 5.91 Å². The molecule has 0 saturated heterocycles. The zero-order valence-electron chi connectivity index (χ0n) is 11.8. The molecule has 1 aliphatic carbocycles. The van der Waals surface area contributed by atoms with Gasteiger partial charge in [-0.05, 0) is 42.7 Å². The molecule has 1 fully saturated rings. The van der Waals surface area contributed by atoms with Gasteiger partial charge in [0, 0.05) is 17.4 Å². The largest absolute Gasteiger partial charge is 0.349 e. The number of hydrogen-bond acceptors (Lipinski definition) is 2. The summed E-state index contributed by atoms with van der Waals surface area (Å²) in [4.78, 5) is 12.3. The van der Waals surface area contributed by atoms with E-state index in [0.29, 0.717) is 12.0 Å². The molecule has 0 aliphatic heterocycles. The summed E-state index contributed by atoms with van der Waals surface area (Å²) in [5.41, 5.74) is 2.01. The van der Waals surface area contributed by atoms with Crippen LogP contribution in [0.1, 0.15) is 48.5 Å². The summed E-state index contributed by atoms with van der Waals surface area (Å²) in [5, 5.41) is 3.21. The molecular formula is C16H23NOS. The smallest absolute Gasteiger partial charge is 0.251 e. The van der Waals surface area contributed by atoms with Crippen molar-refractivity contribution in [1.29, 1.82) is 0 Å². The first-order valence-corrected chi connectivity index (χ1v) is 8.49. The van der Waals surface area contributed by atoms with E-state index < -0.39 is 0 Å². The third kappa shape index (κ3) is 4.00. The van der Waals surface area contributed by atoms with Gasteiger partial charge in [0.25, 0.3) is 5.91 Å². The third-order valence-corrected chi connectivity index (χ3v) is 4.55. The molecule has 19 heavy (non-hydrogen) atoms. The molecule has 2 atom stereocenters. The van der Waals surface area contributed by atoms with Gasteiger partial charge in [0.1, 0.15) is 0 Å². The lowest BCUT2D eigenvalue weighted by molar-refractivity contribution is 0.0910. The van der Waals surface area contributed by atoms with E-state index in [0.717, 1.165) is 17.7 Å². The molecular weight excluding hydrogens is 254 g/mol. The number of carbonyl (C=O) groups excluding carboxylic acids is 1. The van der Waals surface area contributed by atoms with E-state index in [1.54, 1.807) is 11.8 Å². The van der Waals surface area contributed by atoms with E-state index >= 15 is 0 Å². The van der Waals surface area contributed by atoms with Gasteiger partial charge in [-0.3, -0.25) is 4.79 Å². The molecule has 0 spiro atoms. The number of benzene rings is 1. The molecule has 1 saturated carbocycles. The predicted octanol–water partition coefficient (Wildman–Crippen LogP) is 3.86. The Hall–Kier alpha value is -0.960. The molecule has 1 amide bonds. The van der Waals surface area contributed by atoms with Gasteiger partial charge < -0.3 is 5.32 Å². The number of nitrogens with one attached hydrogen (secondary N) is 1. The maximum atomic E-state index is 12.3. The minimum atomic E-state index is 0.0849. The zero-order valence-corrected chi connectivity index (χ0v) is 12.6. The first-order chi connectivity index (χ1) is 9.20. The summed E-state index contributed by atoms with van der Waals surface area (Å²) in [6, 6.07) is 8.33. The van der Waals surface area contributed by atoms with E-state index in [1.165, 1.54) is 24.8 Å². The lowest BCUT2D eigenvalue weighted by Crippen LogP contribution is -2.41. The average molecular weight is 277 g/mol. The molecule has 104 valence electrons. The number of amides is 1. The highest BCUT2D eigenvalue weighted by Crippen LogP contribution is 2.24. The van der Waals surface area contributed by atoms with Gasteiger partial charge in [-0.1, -0.05) is 31.9 Å². The fourth-order valence-electron chi connectivity index (χ4n) is 2.75. The normalized spacial score (nSPS) is 23.1. The highest BCUT2D eigenvalue weighted by molar-refractivity contribution is 7.97. The van der Waals surface area contributed by atoms with Crippen LogP contribution in [-0.2, 0) is 5.75 Å². The Bertz CT molecular complexity index is 433. The minimum absolute atomic E-state index is 0.0849. The fraction of sp³-hybridized carbons (Fsp3) is 0.562.